The number of benzene rings is 1. The number of nitrogens with zero attached hydrogens (tertiary/aromatic N) is 1. The van der Waals surface area contributed by atoms with Gasteiger partial charge in [-0.1, -0.05) is 31.0 Å². The molecular formula is C15H23ClN2O. The van der Waals surface area contributed by atoms with Crippen LogP contribution >= 0.6 is 11.6 Å². The third kappa shape index (κ3) is 3.04. The van der Waals surface area contributed by atoms with Gasteiger partial charge in [0, 0.05) is 16.6 Å². The Hall–Kier alpha value is -0.770. The van der Waals surface area contributed by atoms with Crippen molar-refractivity contribution in [1.29, 1.82) is 0 Å². The van der Waals surface area contributed by atoms with Gasteiger partial charge in [-0.15, -0.1) is 0 Å². The van der Waals surface area contributed by atoms with Gasteiger partial charge in [-0.05, 0) is 38.1 Å². The number of ether oxygens (including phenoxy) is 1. The van der Waals surface area contributed by atoms with Gasteiger partial charge in [0.05, 0.1) is 13.2 Å². The highest BCUT2D eigenvalue weighted by Crippen LogP contribution is 2.39. The lowest BCUT2D eigenvalue weighted by Gasteiger charge is -2.34. The van der Waals surface area contributed by atoms with Crippen molar-refractivity contribution in [3.63, 3.8) is 0 Å². The minimum absolute atomic E-state index is 0.108. The lowest BCUT2D eigenvalue weighted by molar-refractivity contribution is 0.191. The van der Waals surface area contributed by atoms with E-state index in [1.165, 1.54) is 12.8 Å². The molecule has 1 heterocycles. The zero-order valence-corrected chi connectivity index (χ0v) is 12.5. The van der Waals surface area contributed by atoms with Crippen LogP contribution in [0.5, 0.6) is 5.75 Å². The average Bonchev–Trinajstić information content (AvgIpc) is 2.60. The summed E-state index contributed by atoms with van der Waals surface area (Å²) in [5.74, 6) is 0.841. The van der Waals surface area contributed by atoms with Crippen LogP contribution in [0.3, 0.4) is 0 Å². The zero-order valence-electron chi connectivity index (χ0n) is 11.7. The summed E-state index contributed by atoms with van der Waals surface area (Å²) in [6.45, 7) is 4.23. The maximum Gasteiger partial charge on any atom is 0.125 e. The number of rotatable bonds is 3. The second-order valence-electron chi connectivity index (χ2n) is 5.09. The van der Waals surface area contributed by atoms with Crippen molar-refractivity contribution >= 4 is 11.6 Å². The Morgan fingerprint density at radius 1 is 1.42 bits per heavy atom. The summed E-state index contributed by atoms with van der Waals surface area (Å²) in [5, 5.41) is 0.750. The van der Waals surface area contributed by atoms with Gasteiger partial charge >= 0.3 is 0 Å². The number of nitrogens with two attached hydrogens (primary N) is 1. The van der Waals surface area contributed by atoms with Crippen LogP contribution in [0.25, 0.3) is 0 Å². The minimum atomic E-state index is 0.108. The summed E-state index contributed by atoms with van der Waals surface area (Å²) in [6, 6.07) is 6.06. The lowest BCUT2D eigenvalue weighted by atomic mass is 9.95. The lowest BCUT2D eigenvalue weighted by Crippen LogP contribution is -2.40. The molecule has 0 spiro atoms. The molecule has 4 heteroatoms. The minimum Gasteiger partial charge on any atom is -0.496 e. The fourth-order valence-electron chi connectivity index (χ4n) is 3.00. The van der Waals surface area contributed by atoms with Crippen LogP contribution in [0.1, 0.15) is 37.8 Å². The quantitative estimate of drug-likeness (QED) is 0.925. The van der Waals surface area contributed by atoms with Crippen LogP contribution in [0, 0.1) is 0 Å². The highest BCUT2D eigenvalue weighted by molar-refractivity contribution is 6.31. The van der Waals surface area contributed by atoms with Crippen molar-refractivity contribution in [3.8, 4) is 5.75 Å². The first-order valence-electron chi connectivity index (χ1n) is 7.01. The molecule has 0 aliphatic carbocycles. The standard InChI is InChI=1S/C15H23ClN2O/c1-3-18-10-5-4-8-12(17)15(18)14-11(16)7-6-9-13(14)19-2/h6-7,9,12,15H,3-5,8,10,17H2,1-2H3. The molecule has 2 atom stereocenters. The third-order valence-corrected chi connectivity index (χ3v) is 4.30. The van der Waals surface area contributed by atoms with E-state index in [1.54, 1.807) is 7.11 Å². The number of hydrogen-bond donors (Lipinski definition) is 1. The van der Waals surface area contributed by atoms with Crippen LogP contribution in [0.4, 0.5) is 0 Å². The number of hydrogen-bond acceptors (Lipinski definition) is 3. The molecular weight excluding hydrogens is 260 g/mol. The van der Waals surface area contributed by atoms with E-state index >= 15 is 0 Å². The van der Waals surface area contributed by atoms with Gasteiger partial charge in [0.25, 0.3) is 0 Å². The summed E-state index contributed by atoms with van der Waals surface area (Å²) in [7, 11) is 1.69. The smallest absolute Gasteiger partial charge is 0.125 e. The predicted molar refractivity (Wildman–Crippen MR) is 79.8 cm³/mol. The maximum absolute atomic E-state index is 6.42. The molecule has 0 aromatic heterocycles. The van der Waals surface area contributed by atoms with Gasteiger partial charge in [0.15, 0.2) is 0 Å². The van der Waals surface area contributed by atoms with Crippen molar-refractivity contribution < 1.29 is 4.74 Å². The average molecular weight is 283 g/mol. The van der Waals surface area contributed by atoms with Gasteiger partial charge in [-0.3, -0.25) is 4.90 Å². The molecule has 0 amide bonds. The topological polar surface area (TPSA) is 38.5 Å². The molecule has 3 nitrogen and oxygen atoms in total. The van der Waals surface area contributed by atoms with E-state index in [2.05, 4.69) is 11.8 Å². The van der Waals surface area contributed by atoms with Crippen LogP contribution in [0.15, 0.2) is 18.2 Å². The molecule has 0 radical (unpaired) electrons. The summed E-state index contributed by atoms with van der Waals surface area (Å²) in [4.78, 5) is 2.42. The molecule has 1 aliphatic heterocycles. The number of methoxy groups -OCH3 is 1. The van der Waals surface area contributed by atoms with Crippen molar-refractivity contribution in [1.82, 2.24) is 4.90 Å². The van der Waals surface area contributed by atoms with E-state index in [4.69, 9.17) is 22.1 Å². The molecule has 1 aliphatic rings. The molecule has 2 N–H and O–H groups in total. The Balaban J connectivity index is 2.46. The van der Waals surface area contributed by atoms with E-state index in [-0.39, 0.29) is 12.1 Å². The Bertz CT molecular complexity index is 425. The van der Waals surface area contributed by atoms with Gasteiger partial charge < -0.3 is 10.5 Å². The number of halogens is 1. The Labute approximate surface area is 120 Å². The van der Waals surface area contributed by atoms with Crippen LogP contribution < -0.4 is 10.5 Å². The first kappa shape index (κ1) is 14.6. The number of likely N-dealkylation sites (tertiary alicyclic amines) is 1. The van der Waals surface area contributed by atoms with Gasteiger partial charge in [0.2, 0.25) is 0 Å². The number of likely N-dealkylation sites (N-methyl/N-ethyl adjacent to an activating group) is 1. The Morgan fingerprint density at radius 3 is 2.89 bits per heavy atom. The van der Waals surface area contributed by atoms with Gasteiger partial charge in [-0.25, -0.2) is 0 Å². The van der Waals surface area contributed by atoms with Crippen molar-refractivity contribution in [2.45, 2.75) is 38.3 Å². The molecule has 1 fully saturated rings. The maximum atomic E-state index is 6.42. The second kappa shape index (κ2) is 6.60. The molecule has 1 aromatic carbocycles. The van der Waals surface area contributed by atoms with E-state index in [0.717, 1.165) is 35.8 Å². The molecule has 1 aromatic rings. The Kier molecular flexibility index (Phi) is 5.08. The molecule has 2 rings (SSSR count). The van der Waals surface area contributed by atoms with Crippen molar-refractivity contribution in [2.75, 3.05) is 20.2 Å². The first-order valence-corrected chi connectivity index (χ1v) is 7.38. The van der Waals surface area contributed by atoms with E-state index in [9.17, 15) is 0 Å². The summed E-state index contributed by atoms with van der Waals surface area (Å²) in [6.07, 6.45) is 3.42. The highest BCUT2D eigenvalue weighted by atomic mass is 35.5. The van der Waals surface area contributed by atoms with E-state index in [1.807, 2.05) is 18.2 Å². The predicted octanol–water partition coefficient (Wildman–Crippen LogP) is 3.22. The zero-order chi connectivity index (χ0) is 13.8. The SMILES string of the molecule is CCN1CCCCC(N)C1c1c(Cl)cccc1OC. The Morgan fingerprint density at radius 2 is 2.21 bits per heavy atom. The fraction of sp³-hybridized carbons (Fsp3) is 0.600. The van der Waals surface area contributed by atoms with E-state index < -0.39 is 0 Å². The summed E-state index contributed by atoms with van der Waals surface area (Å²) in [5.41, 5.74) is 7.46. The molecule has 0 bridgehead atoms. The normalized spacial score (nSPS) is 25.1. The molecule has 1 saturated heterocycles. The molecule has 106 valence electrons. The molecule has 0 saturated carbocycles. The molecule has 2 unspecified atom stereocenters. The van der Waals surface area contributed by atoms with E-state index in [0.29, 0.717) is 0 Å². The van der Waals surface area contributed by atoms with Gasteiger partial charge in [0.1, 0.15) is 5.75 Å². The largest absolute Gasteiger partial charge is 0.496 e. The molecule has 19 heavy (non-hydrogen) atoms. The monoisotopic (exact) mass is 282 g/mol. The first-order chi connectivity index (χ1) is 9.19. The van der Waals surface area contributed by atoms with Crippen LogP contribution in [0.2, 0.25) is 5.02 Å². The van der Waals surface area contributed by atoms with Crippen molar-refractivity contribution in [2.24, 2.45) is 5.73 Å². The van der Waals surface area contributed by atoms with Crippen LogP contribution in [-0.2, 0) is 0 Å². The fourth-order valence-corrected chi connectivity index (χ4v) is 3.27. The van der Waals surface area contributed by atoms with Crippen LogP contribution in [-0.4, -0.2) is 31.1 Å². The highest BCUT2D eigenvalue weighted by Gasteiger charge is 2.31. The summed E-state index contributed by atoms with van der Waals surface area (Å²) < 4.78 is 5.49. The third-order valence-electron chi connectivity index (χ3n) is 3.97. The summed E-state index contributed by atoms with van der Waals surface area (Å²) >= 11 is 6.42. The van der Waals surface area contributed by atoms with Crippen molar-refractivity contribution in [3.05, 3.63) is 28.8 Å². The second-order valence-corrected chi connectivity index (χ2v) is 5.50. The van der Waals surface area contributed by atoms with Gasteiger partial charge in [-0.2, -0.15) is 0 Å².